The number of carbonyl (C=O) groups is 1. The molecule has 0 saturated carbocycles. The molecule has 1 atom stereocenters. The third-order valence-corrected chi connectivity index (χ3v) is 5.66. The first kappa shape index (κ1) is 11.3. The maximum absolute atomic E-state index is 12.0. The van der Waals surface area contributed by atoms with Crippen LogP contribution in [0.2, 0.25) is 0 Å². The number of hydrogen-bond donors (Lipinski definition) is 0. The summed E-state index contributed by atoms with van der Waals surface area (Å²) in [6, 6.07) is 0. The standard InChI is InChI=1S/C11H20N2OS/c1-4-9-10(14)13(3)11(15-9)5-7-12(2)8-6-11/h9H,4-8H2,1-3H3. The molecule has 0 aromatic rings. The summed E-state index contributed by atoms with van der Waals surface area (Å²) in [4.78, 5) is 16.5. The van der Waals surface area contributed by atoms with E-state index < -0.39 is 0 Å². The predicted molar refractivity (Wildman–Crippen MR) is 63.9 cm³/mol. The molecule has 0 N–H and O–H groups in total. The van der Waals surface area contributed by atoms with Crippen LogP contribution in [-0.2, 0) is 4.79 Å². The Morgan fingerprint density at radius 2 is 2.00 bits per heavy atom. The van der Waals surface area contributed by atoms with E-state index in [1.54, 1.807) is 0 Å². The van der Waals surface area contributed by atoms with Gasteiger partial charge in [-0.3, -0.25) is 4.79 Å². The monoisotopic (exact) mass is 228 g/mol. The molecule has 2 aliphatic heterocycles. The lowest BCUT2D eigenvalue weighted by Crippen LogP contribution is -2.49. The van der Waals surface area contributed by atoms with Gasteiger partial charge in [0.1, 0.15) is 0 Å². The van der Waals surface area contributed by atoms with Gasteiger partial charge in [0.15, 0.2) is 0 Å². The Balaban J connectivity index is 2.13. The van der Waals surface area contributed by atoms with Crippen LogP contribution in [0.1, 0.15) is 26.2 Å². The molecule has 86 valence electrons. The van der Waals surface area contributed by atoms with Crippen LogP contribution in [-0.4, -0.2) is 53.0 Å². The second-order valence-electron chi connectivity index (χ2n) is 4.66. The van der Waals surface area contributed by atoms with E-state index in [1.165, 1.54) is 0 Å². The van der Waals surface area contributed by atoms with Crippen molar-refractivity contribution >= 4 is 17.7 Å². The fraction of sp³-hybridized carbons (Fsp3) is 0.909. The molecule has 0 radical (unpaired) electrons. The SMILES string of the molecule is CCC1SC2(CCN(C)CC2)N(C)C1=O. The van der Waals surface area contributed by atoms with Crippen molar-refractivity contribution in [3.05, 3.63) is 0 Å². The van der Waals surface area contributed by atoms with Crippen LogP contribution < -0.4 is 0 Å². The summed E-state index contributed by atoms with van der Waals surface area (Å²) in [5, 5.41) is 0.207. The average Bonchev–Trinajstić information content (AvgIpc) is 2.48. The minimum atomic E-state index is 0.115. The number of nitrogens with zero attached hydrogens (tertiary/aromatic N) is 2. The molecule has 2 heterocycles. The zero-order valence-corrected chi connectivity index (χ0v) is 10.6. The van der Waals surface area contributed by atoms with Crippen LogP contribution in [0.3, 0.4) is 0 Å². The van der Waals surface area contributed by atoms with Gasteiger partial charge in [-0.05, 0) is 26.3 Å². The predicted octanol–water partition coefficient (Wildman–Crippen LogP) is 1.39. The van der Waals surface area contributed by atoms with Gasteiger partial charge in [0.25, 0.3) is 0 Å². The van der Waals surface area contributed by atoms with Crippen molar-refractivity contribution in [1.82, 2.24) is 9.80 Å². The van der Waals surface area contributed by atoms with Crippen molar-refractivity contribution in [3.63, 3.8) is 0 Å². The quantitative estimate of drug-likeness (QED) is 0.677. The van der Waals surface area contributed by atoms with Gasteiger partial charge >= 0.3 is 0 Å². The first-order valence-electron chi connectivity index (χ1n) is 5.73. The molecule has 2 saturated heterocycles. The van der Waals surface area contributed by atoms with Crippen LogP contribution in [0.5, 0.6) is 0 Å². The van der Waals surface area contributed by atoms with E-state index in [9.17, 15) is 4.79 Å². The Morgan fingerprint density at radius 3 is 2.47 bits per heavy atom. The lowest BCUT2D eigenvalue weighted by atomic mass is 10.0. The molecule has 0 aliphatic carbocycles. The second-order valence-corrected chi connectivity index (χ2v) is 6.23. The number of hydrogen-bond acceptors (Lipinski definition) is 3. The van der Waals surface area contributed by atoms with Crippen LogP contribution in [0.15, 0.2) is 0 Å². The van der Waals surface area contributed by atoms with E-state index >= 15 is 0 Å². The molecule has 3 nitrogen and oxygen atoms in total. The summed E-state index contributed by atoms with van der Waals surface area (Å²) < 4.78 is 0. The zero-order chi connectivity index (χ0) is 11.1. The zero-order valence-electron chi connectivity index (χ0n) is 9.82. The highest BCUT2D eigenvalue weighted by Crippen LogP contribution is 2.47. The molecular weight excluding hydrogens is 208 g/mol. The molecule has 2 aliphatic rings. The molecule has 1 spiro atoms. The van der Waals surface area contributed by atoms with Crippen LogP contribution in [0.4, 0.5) is 0 Å². The summed E-state index contributed by atoms with van der Waals surface area (Å²) in [6.45, 7) is 4.33. The van der Waals surface area contributed by atoms with Gasteiger partial charge in [0, 0.05) is 20.1 Å². The Morgan fingerprint density at radius 1 is 1.40 bits per heavy atom. The van der Waals surface area contributed by atoms with Crippen molar-refractivity contribution in [2.75, 3.05) is 27.2 Å². The summed E-state index contributed by atoms with van der Waals surface area (Å²) in [5.41, 5.74) is 0. The molecule has 0 bridgehead atoms. The number of piperidine rings is 1. The van der Waals surface area contributed by atoms with E-state index in [1.807, 2.05) is 23.7 Å². The van der Waals surface area contributed by atoms with E-state index in [0.717, 1.165) is 32.4 Å². The third-order valence-electron chi connectivity index (χ3n) is 3.72. The molecule has 2 rings (SSSR count). The Kier molecular flexibility index (Phi) is 2.99. The van der Waals surface area contributed by atoms with Gasteiger partial charge < -0.3 is 9.80 Å². The lowest BCUT2D eigenvalue weighted by Gasteiger charge is -2.41. The highest BCUT2D eigenvalue weighted by molar-refractivity contribution is 8.02. The highest BCUT2D eigenvalue weighted by Gasteiger charge is 2.49. The molecule has 2 fully saturated rings. The molecule has 0 aromatic heterocycles. The van der Waals surface area contributed by atoms with E-state index in [2.05, 4.69) is 18.9 Å². The lowest BCUT2D eigenvalue weighted by molar-refractivity contribution is -0.131. The van der Waals surface area contributed by atoms with Crippen LogP contribution in [0.25, 0.3) is 0 Å². The molecule has 1 amide bonds. The van der Waals surface area contributed by atoms with Gasteiger partial charge in [0.05, 0.1) is 10.1 Å². The molecular formula is C11H20N2OS. The number of carbonyl (C=O) groups excluding carboxylic acids is 1. The van der Waals surface area contributed by atoms with Crippen molar-refractivity contribution in [3.8, 4) is 0 Å². The smallest absolute Gasteiger partial charge is 0.236 e. The number of thioether (sulfide) groups is 1. The number of rotatable bonds is 1. The maximum atomic E-state index is 12.0. The normalized spacial score (nSPS) is 31.5. The van der Waals surface area contributed by atoms with Gasteiger partial charge in [-0.25, -0.2) is 0 Å². The van der Waals surface area contributed by atoms with Crippen molar-refractivity contribution in [2.24, 2.45) is 0 Å². The fourth-order valence-electron chi connectivity index (χ4n) is 2.49. The van der Waals surface area contributed by atoms with Crippen LogP contribution >= 0.6 is 11.8 Å². The largest absolute Gasteiger partial charge is 0.330 e. The minimum Gasteiger partial charge on any atom is -0.330 e. The summed E-state index contributed by atoms with van der Waals surface area (Å²) >= 11 is 1.90. The number of likely N-dealkylation sites (tertiary alicyclic amines) is 1. The highest BCUT2D eigenvalue weighted by atomic mass is 32.2. The van der Waals surface area contributed by atoms with E-state index in [0.29, 0.717) is 5.91 Å². The van der Waals surface area contributed by atoms with E-state index in [-0.39, 0.29) is 10.1 Å². The first-order valence-corrected chi connectivity index (χ1v) is 6.61. The Bertz CT molecular complexity index is 261. The minimum absolute atomic E-state index is 0.115. The summed E-state index contributed by atoms with van der Waals surface area (Å²) in [6.07, 6.45) is 3.20. The van der Waals surface area contributed by atoms with Crippen molar-refractivity contribution in [2.45, 2.75) is 36.3 Å². The van der Waals surface area contributed by atoms with E-state index in [4.69, 9.17) is 0 Å². The topological polar surface area (TPSA) is 23.6 Å². The summed E-state index contributed by atoms with van der Waals surface area (Å²) in [5.74, 6) is 0.340. The summed E-state index contributed by atoms with van der Waals surface area (Å²) in [7, 11) is 4.14. The molecule has 15 heavy (non-hydrogen) atoms. The average molecular weight is 228 g/mol. The number of amides is 1. The Labute approximate surface area is 96.2 Å². The fourth-order valence-corrected chi connectivity index (χ4v) is 4.11. The van der Waals surface area contributed by atoms with Gasteiger partial charge in [0.2, 0.25) is 5.91 Å². The van der Waals surface area contributed by atoms with Gasteiger partial charge in [-0.2, -0.15) is 0 Å². The first-order chi connectivity index (χ1) is 7.09. The molecule has 0 aromatic carbocycles. The van der Waals surface area contributed by atoms with Crippen LogP contribution in [0, 0.1) is 0 Å². The van der Waals surface area contributed by atoms with Crippen molar-refractivity contribution in [1.29, 1.82) is 0 Å². The third kappa shape index (κ3) is 1.78. The van der Waals surface area contributed by atoms with Gasteiger partial charge in [-0.15, -0.1) is 11.8 Å². The second kappa shape index (κ2) is 3.98. The Hall–Kier alpha value is -0.220. The maximum Gasteiger partial charge on any atom is 0.236 e. The van der Waals surface area contributed by atoms with Gasteiger partial charge in [-0.1, -0.05) is 6.92 Å². The molecule has 4 heteroatoms. The van der Waals surface area contributed by atoms with Crippen molar-refractivity contribution < 1.29 is 4.79 Å². The molecule has 1 unspecified atom stereocenters.